The van der Waals surface area contributed by atoms with E-state index in [4.69, 9.17) is 14.9 Å². The highest BCUT2D eigenvalue weighted by Gasteiger charge is 2.21. The van der Waals surface area contributed by atoms with Crippen LogP contribution in [0.4, 0.5) is 0 Å². The third kappa shape index (κ3) is 10.0. The van der Waals surface area contributed by atoms with Gasteiger partial charge >= 0.3 is 0 Å². The van der Waals surface area contributed by atoms with Crippen LogP contribution in [0.2, 0.25) is 0 Å². The lowest BCUT2D eigenvalue weighted by atomic mass is 9.99. The zero-order valence-corrected chi connectivity index (χ0v) is 12.5. The molecular formula is C14H26N2O5. The fourth-order valence-electron chi connectivity index (χ4n) is 1.62. The highest BCUT2D eigenvalue weighted by molar-refractivity contribution is 5.86. The van der Waals surface area contributed by atoms with Gasteiger partial charge in [0.25, 0.3) is 0 Å². The lowest BCUT2D eigenvalue weighted by Crippen LogP contribution is -2.41. The predicted octanol–water partition coefficient (Wildman–Crippen LogP) is -0.809. The van der Waals surface area contributed by atoms with Crippen LogP contribution in [-0.2, 0) is 14.3 Å². The van der Waals surface area contributed by atoms with Crippen molar-refractivity contribution in [1.82, 2.24) is 10.6 Å². The Morgan fingerprint density at radius 1 is 1.33 bits per heavy atom. The maximum absolute atomic E-state index is 12.0. The van der Waals surface area contributed by atoms with E-state index in [2.05, 4.69) is 17.2 Å². The van der Waals surface area contributed by atoms with Crippen LogP contribution in [-0.4, -0.2) is 61.0 Å². The zero-order chi connectivity index (χ0) is 16.1. The molecule has 0 unspecified atom stereocenters. The molecule has 7 nitrogen and oxygen atoms in total. The van der Waals surface area contributed by atoms with Crippen molar-refractivity contribution in [2.45, 2.75) is 25.8 Å². The fourth-order valence-corrected chi connectivity index (χ4v) is 1.62. The van der Waals surface area contributed by atoms with Gasteiger partial charge in [-0.15, -0.1) is 6.58 Å². The highest BCUT2D eigenvalue weighted by Crippen LogP contribution is 2.10. The molecule has 122 valence electrons. The standard InChI is InChI=1S/C14H26N2O5/c1-3-4-12(14(20)16-11(2)10-18)9-13(19)15-5-7-21-8-6-17/h3,11-12,17-18H,1,4-10H2,2H3,(H,15,19)(H,16,20)/t11-,12-/m0/s1. The molecule has 0 aliphatic carbocycles. The quantitative estimate of drug-likeness (QED) is 0.279. The summed E-state index contributed by atoms with van der Waals surface area (Å²) in [5, 5.41) is 22.7. The summed E-state index contributed by atoms with van der Waals surface area (Å²) in [6.45, 7) is 5.93. The Labute approximate surface area is 125 Å². The summed E-state index contributed by atoms with van der Waals surface area (Å²) in [6, 6.07) is -0.347. The second-order valence-corrected chi connectivity index (χ2v) is 4.70. The predicted molar refractivity (Wildman–Crippen MR) is 78.5 cm³/mol. The number of nitrogens with one attached hydrogen (secondary N) is 2. The summed E-state index contributed by atoms with van der Waals surface area (Å²) >= 11 is 0. The minimum Gasteiger partial charge on any atom is -0.394 e. The van der Waals surface area contributed by atoms with Crippen LogP contribution in [0.5, 0.6) is 0 Å². The Hall–Kier alpha value is -1.44. The summed E-state index contributed by atoms with van der Waals surface area (Å²) in [7, 11) is 0. The zero-order valence-electron chi connectivity index (χ0n) is 12.5. The number of carbonyl (C=O) groups is 2. The van der Waals surface area contributed by atoms with E-state index in [9.17, 15) is 9.59 Å². The summed E-state index contributed by atoms with van der Waals surface area (Å²) in [4.78, 5) is 23.7. The number of aliphatic hydroxyl groups is 2. The van der Waals surface area contributed by atoms with Gasteiger partial charge in [-0.05, 0) is 13.3 Å². The van der Waals surface area contributed by atoms with Crippen molar-refractivity contribution >= 4 is 11.8 Å². The molecule has 0 saturated carbocycles. The average molecular weight is 302 g/mol. The molecule has 0 radical (unpaired) electrons. The number of amides is 2. The molecule has 2 atom stereocenters. The summed E-state index contributed by atoms with van der Waals surface area (Å²) in [6.07, 6.45) is 2.03. The van der Waals surface area contributed by atoms with Gasteiger partial charge in [-0.25, -0.2) is 0 Å². The van der Waals surface area contributed by atoms with Crippen LogP contribution < -0.4 is 10.6 Å². The summed E-state index contributed by atoms with van der Waals surface area (Å²) in [5.74, 6) is -1.03. The Morgan fingerprint density at radius 3 is 2.62 bits per heavy atom. The number of hydrogen-bond acceptors (Lipinski definition) is 5. The lowest BCUT2D eigenvalue weighted by Gasteiger charge is -2.18. The molecule has 0 rings (SSSR count). The van der Waals surface area contributed by atoms with Crippen molar-refractivity contribution in [2.75, 3.05) is 33.0 Å². The van der Waals surface area contributed by atoms with Crippen LogP contribution in [0.15, 0.2) is 12.7 Å². The first kappa shape index (κ1) is 19.6. The molecule has 0 aromatic carbocycles. The molecule has 2 amide bonds. The van der Waals surface area contributed by atoms with Crippen LogP contribution in [0.25, 0.3) is 0 Å². The van der Waals surface area contributed by atoms with Crippen molar-refractivity contribution < 1.29 is 24.5 Å². The van der Waals surface area contributed by atoms with Gasteiger partial charge < -0.3 is 25.6 Å². The lowest BCUT2D eigenvalue weighted by molar-refractivity contribution is -0.130. The molecular weight excluding hydrogens is 276 g/mol. The van der Waals surface area contributed by atoms with Crippen molar-refractivity contribution in [2.24, 2.45) is 5.92 Å². The van der Waals surface area contributed by atoms with E-state index in [-0.39, 0.29) is 44.1 Å². The number of aliphatic hydroxyl groups excluding tert-OH is 2. The van der Waals surface area contributed by atoms with Gasteiger partial charge in [0.15, 0.2) is 0 Å². The molecule has 0 aromatic rings. The van der Waals surface area contributed by atoms with E-state index in [1.165, 1.54) is 0 Å². The molecule has 21 heavy (non-hydrogen) atoms. The number of ether oxygens (including phenoxy) is 1. The average Bonchev–Trinajstić information content (AvgIpc) is 2.46. The Morgan fingerprint density at radius 2 is 2.05 bits per heavy atom. The molecule has 0 saturated heterocycles. The van der Waals surface area contributed by atoms with Crippen molar-refractivity contribution in [3.05, 3.63) is 12.7 Å². The van der Waals surface area contributed by atoms with Gasteiger partial charge in [-0.2, -0.15) is 0 Å². The fraction of sp³-hybridized carbons (Fsp3) is 0.714. The van der Waals surface area contributed by atoms with Gasteiger partial charge in [0.05, 0.1) is 32.3 Å². The maximum atomic E-state index is 12.0. The Balaban J connectivity index is 4.14. The molecule has 4 N–H and O–H groups in total. The molecule has 0 fully saturated rings. The number of carbonyl (C=O) groups excluding carboxylic acids is 2. The third-order valence-electron chi connectivity index (χ3n) is 2.72. The molecule has 0 aromatic heterocycles. The Kier molecular flexibility index (Phi) is 11.5. The molecule has 0 aliphatic rings. The first-order valence-electron chi connectivity index (χ1n) is 7.02. The normalized spacial score (nSPS) is 13.3. The van der Waals surface area contributed by atoms with Gasteiger partial charge in [-0.3, -0.25) is 9.59 Å². The van der Waals surface area contributed by atoms with E-state index >= 15 is 0 Å². The number of rotatable bonds is 12. The van der Waals surface area contributed by atoms with Gasteiger partial charge in [-0.1, -0.05) is 6.08 Å². The van der Waals surface area contributed by atoms with Crippen molar-refractivity contribution in [3.8, 4) is 0 Å². The number of allylic oxidation sites excluding steroid dienone is 1. The van der Waals surface area contributed by atoms with Crippen molar-refractivity contribution in [1.29, 1.82) is 0 Å². The van der Waals surface area contributed by atoms with Gasteiger partial charge in [0.1, 0.15) is 0 Å². The largest absolute Gasteiger partial charge is 0.394 e. The minimum absolute atomic E-state index is 0.0516. The van der Waals surface area contributed by atoms with E-state index in [1.807, 2.05) is 0 Å². The summed E-state index contributed by atoms with van der Waals surface area (Å²) < 4.78 is 5.01. The maximum Gasteiger partial charge on any atom is 0.224 e. The first-order valence-corrected chi connectivity index (χ1v) is 7.02. The van der Waals surface area contributed by atoms with E-state index in [0.717, 1.165) is 0 Å². The molecule has 0 bridgehead atoms. The van der Waals surface area contributed by atoms with Crippen LogP contribution in [0, 0.1) is 5.92 Å². The van der Waals surface area contributed by atoms with Crippen LogP contribution >= 0.6 is 0 Å². The molecule has 0 spiro atoms. The Bertz CT molecular complexity index is 322. The highest BCUT2D eigenvalue weighted by atomic mass is 16.5. The van der Waals surface area contributed by atoms with E-state index in [1.54, 1.807) is 13.0 Å². The number of hydrogen-bond donors (Lipinski definition) is 4. The SMILES string of the molecule is C=CC[C@@H](CC(=O)NCCOCCO)C(=O)N[C@@H](C)CO. The second kappa shape index (κ2) is 12.3. The molecule has 0 heterocycles. The first-order chi connectivity index (χ1) is 10.0. The second-order valence-electron chi connectivity index (χ2n) is 4.70. The van der Waals surface area contributed by atoms with Gasteiger partial charge in [0.2, 0.25) is 11.8 Å². The third-order valence-corrected chi connectivity index (χ3v) is 2.72. The van der Waals surface area contributed by atoms with Crippen LogP contribution in [0.1, 0.15) is 19.8 Å². The van der Waals surface area contributed by atoms with Crippen molar-refractivity contribution in [3.63, 3.8) is 0 Å². The van der Waals surface area contributed by atoms with Crippen LogP contribution in [0.3, 0.4) is 0 Å². The topological polar surface area (TPSA) is 108 Å². The van der Waals surface area contributed by atoms with E-state index in [0.29, 0.717) is 19.6 Å². The minimum atomic E-state index is -0.505. The molecule has 0 aliphatic heterocycles. The van der Waals surface area contributed by atoms with E-state index < -0.39 is 5.92 Å². The summed E-state index contributed by atoms with van der Waals surface area (Å²) in [5.41, 5.74) is 0. The molecule has 7 heteroatoms. The monoisotopic (exact) mass is 302 g/mol. The van der Waals surface area contributed by atoms with Gasteiger partial charge in [0, 0.05) is 19.0 Å². The smallest absolute Gasteiger partial charge is 0.224 e.